The molecular weight excluding hydrogens is 217 g/mol. The smallest absolute Gasteiger partial charge is 0.132 e. The van der Waals surface area contributed by atoms with Gasteiger partial charge in [-0.2, -0.15) is 0 Å². The fourth-order valence-corrected chi connectivity index (χ4v) is 2.06. The lowest BCUT2D eigenvalue weighted by Crippen LogP contribution is -1.96. The highest BCUT2D eigenvalue weighted by Crippen LogP contribution is 2.20. The molecule has 0 fully saturated rings. The molecule has 2 heterocycles. The summed E-state index contributed by atoms with van der Waals surface area (Å²) in [6, 6.07) is 10.8. The van der Waals surface area contributed by atoms with Crippen molar-refractivity contribution in [2.24, 2.45) is 0 Å². The average molecular weight is 229 g/mol. The molecular formula is C14H12FNO. The molecule has 2 aromatic heterocycles. The van der Waals surface area contributed by atoms with Gasteiger partial charge in [-0.3, -0.25) is 0 Å². The quantitative estimate of drug-likeness (QED) is 0.654. The second-order valence-corrected chi connectivity index (χ2v) is 4.13. The summed E-state index contributed by atoms with van der Waals surface area (Å²) in [6.45, 7) is 2.54. The molecule has 17 heavy (non-hydrogen) atoms. The third-order valence-electron chi connectivity index (χ3n) is 2.88. The van der Waals surface area contributed by atoms with Gasteiger partial charge in [0, 0.05) is 11.6 Å². The first kappa shape index (κ1) is 10.1. The zero-order chi connectivity index (χ0) is 11.8. The number of nitrogens with zero attached hydrogens (tertiary/aromatic N) is 1. The first-order chi connectivity index (χ1) is 8.24. The Morgan fingerprint density at radius 1 is 1.18 bits per heavy atom. The summed E-state index contributed by atoms with van der Waals surface area (Å²) in [4.78, 5) is 0. The van der Waals surface area contributed by atoms with Gasteiger partial charge in [0.05, 0.1) is 12.1 Å². The van der Waals surface area contributed by atoms with Gasteiger partial charge in [-0.1, -0.05) is 6.07 Å². The molecule has 1 aromatic carbocycles. The molecule has 0 atom stereocenters. The predicted molar refractivity (Wildman–Crippen MR) is 64.4 cm³/mol. The minimum Gasteiger partial charge on any atom is -0.464 e. The maximum atomic E-state index is 13.5. The van der Waals surface area contributed by atoms with Crippen molar-refractivity contribution in [1.29, 1.82) is 0 Å². The molecule has 3 aromatic rings. The SMILES string of the molecule is Cc1ccc(Cn2ccc3c(F)cccc32)o1. The van der Waals surface area contributed by atoms with Crippen LogP contribution in [-0.2, 0) is 6.54 Å². The molecule has 0 radical (unpaired) electrons. The highest BCUT2D eigenvalue weighted by atomic mass is 19.1. The van der Waals surface area contributed by atoms with Gasteiger partial charge in [0.1, 0.15) is 17.3 Å². The zero-order valence-corrected chi connectivity index (χ0v) is 9.48. The standard InChI is InChI=1S/C14H12FNO/c1-10-5-6-11(17-10)9-16-8-7-12-13(15)3-2-4-14(12)16/h2-8H,9H2,1H3. The fourth-order valence-electron chi connectivity index (χ4n) is 2.06. The third-order valence-corrected chi connectivity index (χ3v) is 2.88. The van der Waals surface area contributed by atoms with Crippen LogP contribution in [0.2, 0.25) is 0 Å². The first-order valence-electron chi connectivity index (χ1n) is 5.53. The van der Waals surface area contributed by atoms with E-state index >= 15 is 0 Å². The molecule has 0 aliphatic rings. The number of rotatable bonds is 2. The van der Waals surface area contributed by atoms with Crippen molar-refractivity contribution in [3.63, 3.8) is 0 Å². The van der Waals surface area contributed by atoms with Crippen molar-refractivity contribution in [3.8, 4) is 0 Å². The first-order valence-corrected chi connectivity index (χ1v) is 5.53. The molecule has 0 saturated heterocycles. The normalized spacial score (nSPS) is 11.2. The Hall–Kier alpha value is -2.03. The maximum absolute atomic E-state index is 13.5. The zero-order valence-electron chi connectivity index (χ0n) is 9.48. The van der Waals surface area contributed by atoms with Crippen LogP contribution in [-0.4, -0.2) is 4.57 Å². The molecule has 0 amide bonds. The van der Waals surface area contributed by atoms with E-state index in [4.69, 9.17) is 4.42 Å². The van der Waals surface area contributed by atoms with E-state index in [1.165, 1.54) is 6.07 Å². The van der Waals surface area contributed by atoms with Gasteiger partial charge in [-0.05, 0) is 37.3 Å². The molecule has 3 heteroatoms. The minimum atomic E-state index is -0.183. The Bertz CT molecular complexity index is 666. The lowest BCUT2D eigenvalue weighted by atomic mass is 10.2. The summed E-state index contributed by atoms with van der Waals surface area (Å²) in [5.41, 5.74) is 0.888. The van der Waals surface area contributed by atoms with Gasteiger partial charge < -0.3 is 8.98 Å². The number of benzene rings is 1. The lowest BCUT2D eigenvalue weighted by molar-refractivity contribution is 0.473. The van der Waals surface area contributed by atoms with E-state index in [-0.39, 0.29) is 5.82 Å². The lowest BCUT2D eigenvalue weighted by Gasteiger charge is -2.02. The van der Waals surface area contributed by atoms with Crippen molar-refractivity contribution >= 4 is 10.9 Å². The molecule has 0 aliphatic heterocycles. The second kappa shape index (κ2) is 3.77. The van der Waals surface area contributed by atoms with Crippen LogP contribution in [0.25, 0.3) is 10.9 Å². The topological polar surface area (TPSA) is 18.1 Å². The van der Waals surface area contributed by atoms with E-state index in [0.29, 0.717) is 11.9 Å². The Kier molecular flexibility index (Phi) is 2.25. The van der Waals surface area contributed by atoms with Crippen molar-refractivity contribution in [3.05, 3.63) is 59.9 Å². The van der Waals surface area contributed by atoms with E-state index in [2.05, 4.69) is 0 Å². The number of aryl methyl sites for hydroxylation is 1. The van der Waals surface area contributed by atoms with Crippen molar-refractivity contribution < 1.29 is 8.81 Å². The number of fused-ring (bicyclic) bond motifs is 1. The summed E-state index contributed by atoms with van der Waals surface area (Å²) in [7, 11) is 0. The molecule has 0 saturated carbocycles. The number of hydrogen-bond donors (Lipinski definition) is 0. The number of furan rings is 1. The summed E-state index contributed by atoms with van der Waals surface area (Å²) in [5, 5.41) is 0.649. The Morgan fingerprint density at radius 3 is 2.82 bits per heavy atom. The molecule has 0 spiro atoms. The molecule has 0 bridgehead atoms. The van der Waals surface area contributed by atoms with Crippen LogP contribution in [0.3, 0.4) is 0 Å². The highest BCUT2D eigenvalue weighted by Gasteiger charge is 2.06. The van der Waals surface area contributed by atoms with Crippen LogP contribution in [0, 0.1) is 12.7 Å². The van der Waals surface area contributed by atoms with Crippen LogP contribution < -0.4 is 0 Å². The molecule has 86 valence electrons. The van der Waals surface area contributed by atoms with Gasteiger partial charge in [-0.15, -0.1) is 0 Å². The number of halogens is 1. The second-order valence-electron chi connectivity index (χ2n) is 4.13. The largest absolute Gasteiger partial charge is 0.464 e. The van der Waals surface area contributed by atoms with E-state index in [1.54, 1.807) is 12.1 Å². The molecule has 0 aliphatic carbocycles. The summed E-state index contributed by atoms with van der Waals surface area (Å²) >= 11 is 0. The van der Waals surface area contributed by atoms with Crippen LogP contribution in [0.1, 0.15) is 11.5 Å². The van der Waals surface area contributed by atoms with Gasteiger partial charge in [0.25, 0.3) is 0 Å². The Balaban J connectivity index is 2.04. The van der Waals surface area contributed by atoms with Crippen molar-refractivity contribution in [2.75, 3.05) is 0 Å². The molecule has 3 rings (SSSR count). The van der Waals surface area contributed by atoms with Crippen LogP contribution in [0.4, 0.5) is 4.39 Å². The monoisotopic (exact) mass is 229 g/mol. The number of hydrogen-bond acceptors (Lipinski definition) is 1. The van der Waals surface area contributed by atoms with E-state index < -0.39 is 0 Å². The Labute approximate surface area is 98.3 Å². The predicted octanol–water partition coefficient (Wildman–Crippen LogP) is 3.73. The summed E-state index contributed by atoms with van der Waals surface area (Å²) in [5.74, 6) is 1.59. The highest BCUT2D eigenvalue weighted by molar-refractivity contribution is 5.80. The Morgan fingerprint density at radius 2 is 2.06 bits per heavy atom. The van der Waals surface area contributed by atoms with Crippen LogP contribution in [0.5, 0.6) is 0 Å². The number of aromatic nitrogens is 1. The van der Waals surface area contributed by atoms with Gasteiger partial charge in [-0.25, -0.2) is 4.39 Å². The third kappa shape index (κ3) is 1.73. The fraction of sp³-hybridized carbons (Fsp3) is 0.143. The molecule has 0 unspecified atom stereocenters. The molecule has 2 nitrogen and oxygen atoms in total. The average Bonchev–Trinajstić information content (AvgIpc) is 2.88. The van der Waals surface area contributed by atoms with Gasteiger partial charge in [0.2, 0.25) is 0 Å². The summed E-state index contributed by atoms with van der Waals surface area (Å²) < 4.78 is 21.0. The maximum Gasteiger partial charge on any atom is 0.132 e. The van der Waals surface area contributed by atoms with Crippen molar-refractivity contribution in [2.45, 2.75) is 13.5 Å². The van der Waals surface area contributed by atoms with Gasteiger partial charge in [0.15, 0.2) is 0 Å². The van der Waals surface area contributed by atoms with E-state index in [9.17, 15) is 4.39 Å². The van der Waals surface area contributed by atoms with Crippen LogP contribution >= 0.6 is 0 Å². The minimum absolute atomic E-state index is 0.183. The van der Waals surface area contributed by atoms with Crippen molar-refractivity contribution in [1.82, 2.24) is 4.57 Å². The van der Waals surface area contributed by atoms with Crippen LogP contribution in [0.15, 0.2) is 47.0 Å². The van der Waals surface area contributed by atoms with E-state index in [1.807, 2.05) is 35.9 Å². The van der Waals surface area contributed by atoms with E-state index in [0.717, 1.165) is 17.0 Å². The molecule has 0 N–H and O–H groups in total. The van der Waals surface area contributed by atoms with Gasteiger partial charge >= 0.3 is 0 Å². The summed E-state index contributed by atoms with van der Waals surface area (Å²) in [6.07, 6.45) is 1.88.